The van der Waals surface area contributed by atoms with Crippen molar-refractivity contribution in [3.8, 4) is 11.5 Å². The van der Waals surface area contributed by atoms with Gasteiger partial charge in [0.15, 0.2) is 0 Å². The van der Waals surface area contributed by atoms with Crippen molar-refractivity contribution in [2.75, 3.05) is 40.2 Å². The number of rotatable bonds is 8. The van der Waals surface area contributed by atoms with E-state index in [4.69, 9.17) is 9.47 Å². The van der Waals surface area contributed by atoms with Gasteiger partial charge in [-0.3, -0.25) is 9.59 Å². The highest BCUT2D eigenvalue weighted by atomic mass is 32.2. The standard InChI is InChI=1S/C19H23N3O6S/c1-20-29(25,26)17-10-13(8-9-16(17)28-4)19(24)22(2)12-18(23)21-14-6-5-7-15(11-14)27-3/h5-11,20H,12H2,1-4H3,(H,21,23). The van der Waals surface area contributed by atoms with Gasteiger partial charge >= 0.3 is 0 Å². The third-order valence-electron chi connectivity index (χ3n) is 4.05. The van der Waals surface area contributed by atoms with Gasteiger partial charge in [-0.05, 0) is 37.4 Å². The smallest absolute Gasteiger partial charge is 0.254 e. The van der Waals surface area contributed by atoms with Crippen molar-refractivity contribution in [2.45, 2.75) is 4.90 Å². The van der Waals surface area contributed by atoms with E-state index < -0.39 is 21.8 Å². The average Bonchev–Trinajstić information content (AvgIpc) is 2.72. The first-order valence-electron chi connectivity index (χ1n) is 8.52. The predicted molar refractivity (Wildman–Crippen MR) is 108 cm³/mol. The Morgan fingerprint density at radius 1 is 1.07 bits per heavy atom. The normalized spacial score (nSPS) is 10.9. The van der Waals surface area contributed by atoms with Gasteiger partial charge in [0, 0.05) is 24.4 Å². The summed E-state index contributed by atoms with van der Waals surface area (Å²) in [6, 6.07) is 10.9. The lowest BCUT2D eigenvalue weighted by atomic mass is 10.2. The van der Waals surface area contributed by atoms with Crippen LogP contribution in [-0.4, -0.2) is 60.0 Å². The zero-order valence-corrected chi connectivity index (χ0v) is 17.4. The van der Waals surface area contributed by atoms with Gasteiger partial charge < -0.3 is 19.7 Å². The first-order chi connectivity index (χ1) is 13.7. The number of nitrogens with zero attached hydrogens (tertiary/aromatic N) is 1. The molecule has 0 atom stereocenters. The van der Waals surface area contributed by atoms with E-state index in [-0.39, 0.29) is 22.8 Å². The Labute approximate surface area is 169 Å². The second-order valence-electron chi connectivity index (χ2n) is 6.01. The van der Waals surface area contributed by atoms with Crippen molar-refractivity contribution < 1.29 is 27.5 Å². The Kier molecular flexibility index (Phi) is 7.18. The fraction of sp³-hybridized carbons (Fsp3) is 0.263. The lowest BCUT2D eigenvalue weighted by Crippen LogP contribution is -2.35. The molecule has 2 N–H and O–H groups in total. The van der Waals surface area contributed by atoms with Crippen LogP contribution in [0.3, 0.4) is 0 Å². The minimum absolute atomic E-state index is 0.106. The summed E-state index contributed by atoms with van der Waals surface area (Å²) in [6.07, 6.45) is 0. The van der Waals surface area contributed by atoms with Gasteiger partial charge in [0.05, 0.1) is 20.8 Å². The summed E-state index contributed by atoms with van der Waals surface area (Å²) in [6.45, 7) is -0.226. The molecule has 0 fully saturated rings. The molecular formula is C19H23N3O6S. The summed E-state index contributed by atoms with van der Waals surface area (Å²) in [5, 5.41) is 2.68. The Morgan fingerprint density at radius 3 is 2.41 bits per heavy atom. The number of methoxy groups -OCH3 is 2. The molecule has 0 aliphatic rings. The van der Waals surface area contributed by atoms with Crippen molar-refractivity contribution >= 4 is 27.5 Å². The maximum Gasteiger partial charge on any atom is 0.254 e. The maximum absolute atomic E-state index is 12.7. The Bertz CT molecular complexity index is 1010. The number of sulfonamides is 1. The minimum Gasteiger partial charge on any atom is -0.497 e. The largest absolute Gasteiger partial charge is 0.497 e. The van der Waals surface area contributed by atoms with Gasteiger partial charge in [-0.25, -0.2) is 13.1 Å². The molecule has 0 aliphatic heterocycles. The summed E-state index contributed by atoms with van der Waals surface area (Å²) in [4.78, 5) is 26.0. The SMILES string of the molecule is CNS(=O)(=O)c1cc(C(=O)N(C)CC(=O)Nc2cccc(OC)c2)ccc1OC. The number of nitrogens with one attached hydrogen (secondary N) is 2. The quantitative estimate of drug-likeness (QED) is 0.665. The minimum atomic E-state index is -3.83. The molecule has 0 saturated heterocycles. The summed E-state index contributed by atoms with van der Waals surface area (Å²) in [5.74, 6) is -0.232. The number of ether oxygens (including phenoxy) is 2. The number of carbonyl (C=O) groups is 2. The second-order valence-corrected chi connectivity index (χ2v) is 7.87. The maximum atomic E-state index is 12.7. The van der Waals surface area contributed by atoms with Crippen LogP contribution in [0.15, 0.2) is 47.4 Å². The highest BCUT2D eigenvalue weighted by Crippen LogP contribution is 2.25. The summed E-state index contributed by atoms with van der Waals surface area (Å²) >= 11 is 0. The number of anilines is 1. The molecule has 0 unspecified atom stereocenters. The molecule has 2 amide bonds. The van der Waals surface area contributed by atoms with Gasteiger partial charge in [0.2, 0.25) is 15.9 Å². The highest BCUT2D eigenvalue weighted by Gasteiger charge is 2.22. The monoisotopic (exact) mass is 421 g/mol. The molecule has 0 heterocycles. The van der Waals surface area contributed by atoms with Crippen LogP contribution in [0.1, 0.15) is 10.4 Å². The summed E-state index contributed by atoms with van der Waals surface area (Å²) < 4.78 is 36.7. The Morgan fingerprint density at radius 2 is 1.79 bits per heavy atom. The summed E-state index contributed by atoms with van der Waals surface area (Å²) in [5.41, 5.74) is 0.637. The first-order valence-corrected chi connectivity index (χ1v) is 10.0. The van der Waals surface area contributed by atoms with Crippen molar-refractivity contribution in [3.05, 3.63) is 48.0 Å². The Balaban J connectivity index is 2.15. The van der Waals surface area contributed by atoms with Crippen LogP contribution >= 0.6 is 0 Å². The molecule has 0 radical (unpaired) electrons. The van der Waals surface area contributed by atoms with Crippen LogP contribution in [0.2, 0.25) is 0 Å². The molecule has 2 rings (SSSR count). The molecular weight excluding hydrogens is 398 g/mol. The topological polar surface area (TPSA) is 114 Å². The fourth-order valence-corrected chi connectivity index (χ4v) is 3.46. The lowest BCUT2D eigenvalue weighted by molar-refractivity contribution is -0.116. The van der Waals surface area contributed by atoms with Crippen molar-refractivity contribution in [3.63, 3.8) is 0 Å². The van der Waals surface area contributed by atoms with E-state index in [0.717, 1.165) is 0 Å². The third-order valence-corrected chi connectivity index (χ3v) is 5.49. The van der Waals surface area contributed by atoms with Crippen LogP contribution in [0.4, 0.5) is 5.69 Å². The highest BCUT2D eigenvalue weighted by molar-refractivity contribution is 7.89. The zero-order valence-electron chi connectivity index (χ0n) is 16.6. The number of carbonyl (C=O) groups excluding carboxylic acids is 2. The van der Waals surface area contributed by atoms with Gasteiger partial charge in [-0.2, -0.15) is 0 Å². The number of amides is 2. The zero-order chi connectivity index (χ0) is 21.6. The molecule has 2 aromatic rings. The number of benzene rings is 2. The number of hydrogen-bond acceptors (Lipinski definition) is 6. The Hall–Kier alpha value is -3.11. The van der Waals surface area contributed by atoms with Crippen LogP contribution in [0.5, 0.6) is 11.5 Å². The number of hydrogen-bond donors (Lipinski definition) is 2. The van der Waals surface area contributed by atoms with Gasteiger partial charge in [-0.15, -0.1) is 0 Å². The molecule has 0 aromatic heterocycles. The molecule has 0 aliphatic carbocycles. The van der Waals surface area contributed by atoms with E-state index in [1.54, 1.807) is 24.3 Å². The van der Waals surface area contributed by atoms with E-state index >= 15 is 0 Å². The third kappa shape index (κ3) is 5.46. The van der Waals surface area contributed by atoms with E-state index in [0.29, 0.717) is 11.4 Å². The summed E-state index contributed by atoms with van der Waals surface area (Å²) in [7, 11) is 1.73. The van der Waals surface area contributed by atoms with E-state index in [9.17, 15) is 18.0 Å². The van der Waals surface area contributed by atoms with Crippen molar-refractivity contribution in [1.82, 2.24) is 9.62 Å². The van der Waals surface area contributed by atoms with Crippen LogP contribution in [0.25, 0.3) is 0 Å². The van der Waals surface area contributed by atoms with Crippen molar-refractivity contribution in [2.24, 2.45) is 0 Å². The van der Waals surface area contributed by atoms with E-state index in [2.05, 4.69) is 10.0 Å². The molecule has 29 heavy (non-hydrogen) atoms. The number of likely N-dealkylation sites (N-methyl/N-ethyl adjacent to an activating group) is 1. The second kappa shape index (κ2) is 9.39. The molecule has 0 saturated carbocycles. The van der Waals surface area contributed by atoms with Crippen LogP contribution < -0.4 is 19.5 Å². The van der Waals surface area contributed by atoms with Gasteiger partial charge in [0.25, 0.3) is 5.91 Å². The predicted octanol–water partition coefficient (Wildman–Crippen LogP) is 1.32. The molecule has 9 nitrogen and oxygen atoms in total. The molecule has 156 valence electrons. The van der Waals surface area contributed by atoms with Crippen LogP contribution in [0, 0.1) is 0 Å². The van der Waals surface area contributed by atoms with E-state index in [1.165, 1.54) is 51.4 Å². The van der Waals surface area contributed by atoms with E-state index in [1.807, 2.05) is 0 Å². The van der Waals surface area contributed by atoms with Gasteiger partial charge in [-0.1, -0.05) is 6.07 Å². The lowest BCUT2D eigenvalue weighted by Gasteiger charge is -2.18. The molecule has 10 heteroatoms. The molecule has 0 bridgehead atoms. The first kappa shape index (κ1) is 22.2. The fourth-order valence-electron chi connectivity index (χ4n) is 2.54. The molecule has 0 spiro atoms. The average molecular weight is 421 g/mol. The van der Waals surface area contributed by atoms with Crippen LogP contribution in [-0.2, 0) is 14.8 Å². The van der Waals surface area contributed by atoms with Crippen molar-refractivity contribution in [1.29, 1.82) is 0 Å². The van der Waals surface area contributed by atoms with Gasteiger partial charge in [0.1, 0.15) is 16.4 Å². The molecule has 2 aromatic carbocycles.